The number of aliphatic hydroxyl groups is 1. The van der Waals surface area contributed by atoms with Crippen LogP contribution in [0, 0.1) is 23.2 Å². The molecule has 0 aliphatic heterocycles. The lowest BCUT2D eigenvalue weighted by Crippen LogP contribution is -2.39. The van der Waals surface area contributed by atoms with Crippen LogP contribution < -0.4 is 5.32 Å². The van der Waals surface area contributed by atoms with Gasteiger partial charge in [-0.3, -0.25) is 4.79 Å². The van der Waals surface area contributed by atoms with Crippen LogP contribution in [-0.4, -0.2) is 24.1 Å². The van der Waals surface area contributed by atoms with Gasteiger partial charge in [-0.25, -0.2) is 4.79 Å². The van der Waals surface area contributed by atoms with Crippen molar-refractivity contribution in [1.82, 2.24) is 0 Å². The standard InChI is InChI=1S/C25H17ClN2O4/c1-32-23(29)18-9-7-17(8-10-18)13-14-25(31,20-5-3-2-4-6-20)24(30)28-21-12-11-19(16-27)22(26)15-21/h2-12,15,31H,1H3,(H,28,30). The fraction of sp³-hybridized carbons (Fsp3) is 0.0800. The SMILES string of the molecule is COC(=O)c1ccc(C#CC(O)(C(=O)Nc2ccc(C#N)c(Cl)c2)c2ccccc2)cc1. The highest BCUT2D eigenvalue weighted by Crippen LogP contribution is 2.25. The fourth-order valence-corrected chi connectivity index (χ4v) is 3.04. The van der Waals surface area contributed by atoms with E-state index >= 15 is 0 Å². The molecule has 0 saturated carbocycles. The summed E-state index contributed by atoms with van der Waals surface area (Å²) in [4.78, 5) is 24.6. The Morgan fingerprint density at radius 3 is 2.34 bits per heavy atom. The number of nitrogens with one attached hydrogen (secondary N) is 1. The van der Waals surface area contributed by atoms with Gasteiger partial charge >= 0.3 is 5.97 Å². The van der Waals surface area contributed by atoms with Crippen molar-refractivity contribution in [3.8, 4) is 17.9 Å². The normalized spacial score (nSPS) is 11.8. The number of amides is 1. The number of carbonyl (C=O) groups is 2. The molecule has 6 nitrogen and oxygen atoms in total. The number of carbonyl (C=O) groups excluding carboxylic acids is 2. The third-order valence-corrected chi connectivity index (χ3v) is 4.87. The van der Waals surface area contributed by atoms with Gasteiger partial charge in [0.1, 0.15) is 6.07 Å². The maximum absolute atomic E-state index is 13.1. The first-order chi connectivity index (χ1) is 15.4. The lowest BCUT2D eigenvalue weighted by atomic mass is 9.92. The molecule has 0 aliphatic carbocycles. The van der Waals surface area contributed by atoms with Gasteiger partial charge in [0.15, 0.2) is 0 Å². The maximum Gasteiger partial charge on any atom is 0.337 e. The number of nitriles is 1. The van der Waals surface area contributed by atoms with Gasteiger partial charge in [-0.2, -0.15) is 5.26 Å². The summed E-state index contributed by atoms with van der Waals surface area (Å²) >= 11 is 6.03. The Hall–Kier alpha value is -4.10. The molecule has 0 bridgehead atoms. The van der Waals surface area contributed by atoms with Crippen molar-refractivity contribution >= 4 is 29.2 Å². The van der Waals surface area contributed by atoms with E-state index in [1.54, 1.807) is 42.5 Å². The summed E-state index contributed by atoms with van der Waals surface area (Å²) in [6.45, 7) is 0. The molecule has 3 rings (SSSR count). The molecular weight excluding hydrogens is 428 g/mol. The molecule has 0 heterocycles. The van der Waals surface area contributed by atoms with Crippen LogP contribution in [0.5, 0.6) is 0 Å². The molecule has 0 aromatic heterocycles. The fourth-order valence-electron chi connectivity index (χ4n) is 2.81. The molecule has 32 heavy (non-hydrogen) atoms. The minimum Gasteiger partial charge on any atom is -0.465 e. The Balaban J connectivity index is 1.95. The number of benzene rings is 3. The van der Waals surface area contributed by atoms with E-state index in [-0.39, 0.29) is 16.1 Å². The van der Waals surface area contributed by atoms with Crippen LogP contribution in [0.3, 0.4) is 0 Å². The quantitative estimate of drug-likeness (QED) is 0.470. The summed E-state index contributed by atoms with van der Waals surface area (Å²) in [5.41, 5.74) is -0.498. The number of rotatable bonds is 4. The van der Waals surface area contributed by atoms with E-state index in [2.05, 4.69) is 21.9 Å². The highest BCUT2D eigenvalue weighted by molar-refractivity contribution is 6.32. The molecule has 1 atom stereocenters. The van der Waals surface area contributed by atoms with Crippen LogP contribution >= 0.6 is 11.6 Å². The number of hydrogen-bond donors (Lipinski definition) is 2. The molecule has 0 fully saturated rings. The predicted octanol–water partition coefficient (Wildman–Crippen LogP) is 3.88. The lowest BCUT2D eigenvalue weighted by Gasteiger charge is -2.22. The Morgan fingerprint density at radius 2 is 1.75 bits per heavy atom. The number of nitrogens with zero attached hydrogens (tertiary/aromatic N) is 1. The van der Waals surface area contributed by atoms with Gasteiger partial charge < -0.3 is 15.2 Å². The van der Waals surface area contributed by atoms with Gasteiger partial charge in [0.05, 0.1) is 23.3 Å². The van der Waals surface area contributed by atoms with Crippen LogP contribution in [0.25, 0.3) is 0 Å². The number of anilines is 1. The van der Waals surface area contributed by atoms with Gasteiger partial charge in [-0.15, -0.1) is 0 Å². The van der Waals surface area contributed by atoms with E-state index < -0.39 is 17.5 Å². The first-order valence-electron chi connectivity index (χ1n) is 9.38. The largest absolute Gasteiger partial charge is 0.465 e. The third kappa shape index (κ3) is 4.96. The summed E-state index contributed by atoms with van der Waals surface area (Å²) in [6, 6.07) is 20.9. The van der Waals surface area contributed by atoms with Crippen LogP contribution in [0.1, 0.15) is 27.0 Å². The van der Waals surface area contributed by atoms with E-state index in [4.69, 9.17) is 16.9 Å². The second-order valence-electron chi connectivity index (χ2n) is 6.66. The first-order valence-corrected chi connectivity index (χ1v) is 9.75. The molecule has 0 aliphatic rings. The van der Waals surface area contributed by atoms with E-state index in [1.807, 2.05) is 6.07 Å². The Morgan fingerprint density at radius 1 is 1.06 bits per heavy atom. The summed E-state index contributed by atoms with van der Waals surface area (Å²) in [7, 11) is 1.29. The Labute approximate surface area is 190 Å². The Kier molecular flexibility index (Phi) is 6.92. The molecule has 2 N–H and O–H groups in total. The second-order valence-corrected chi connectivity index (χ2v) is 7.06. The molecule has 1 amide bonds. The predicted molar refractivity (Wildman–Crippen MR) is 120 cm³/mol. The molecular formula is C25H17ClN2O4. The van der Waals surface area contributed by atoms with Crippen LogP contribution in [-0.2, 0) is 15.1 Å². The number of hydrogen-bond acceptors (Lipinski definition) is 5. The molecule has 158 valence electrons. The molecule has 7 heteroatoms. The number of methoxy groups -OCH3 is 1. The zero-order valence-corrected chi connectivity index (χ0v) is 17.7. The zero-order chi connectivity index (χ0) is 23.1. The van der Waals surface area contributed by atoms with Gasteiger partial charge in [-0.05, 0) is 48.4 Å². The molecule has 3 aromatic rings. The van der Waals surface area contributed by atoms with Crippen LogP contribution in [0.4, 0.5) is 5.69 Å². The Bertz CT molecular complexity index is 1260. The van der Waals surface area contributed by atoms with E-state index in [1.165, 1.54) is 37.4 Å². The summed E-state index contributed by atoms with van der Waals surface area (Å²) in [6.07, 6.45) is 0. The molecule has 0 saturated heterocycles. The number of esters is 1. The second kappa shape index (κ2) is 9.80. The van der Waals surface area contributed by atoms with Gasteiger partial charge in [-0.1, -0.05) is 47.9 Å². The highest BCUT2D eigenvalue weighted by Gasteiger charge is 2.36. The highest BCUT2D eigenvalue weighted by atomic mass is 35.5. The maximum atomic E-state index is 13.1. The average Bonchev–Trinajstić information content (AvgIpc) is 2.83. The summed E-state index contributed by atoms with van der Waals surface area (Å²) in [5.74, 6) is 4.15. The van der Waals surface area contributed by atoms with E-state index in [0.29, 0.717) is 16.8 Å². The van der Waals surface area contributed by atoms with Crippen LogP contribution in [0.15, 0.2) is 72.8 Å². The van der Waals surface area contributed by atoms with E-state index in [9.17, 15) is 14.7 Å². The topological polar surface area (TPSA) is 99.4 Å². The van der Waals surface area contributed by atoms with Gasteiger partial charge in [0, 0.05) is 16.8 Å². The minimum atomic E-state index is -2.18. The smallest absolute Gasteiger partial charge is 0.337 e. The monoisotopic (exact) mass is 444 g/mol. The molecule has 0 spiro atoms. The van der Waals surface area contributed by atoms with Crippen molar-refractivity contribution < 1.29 is 19.4 Å². The summed E-state index contributed by atoms with van der Waals surface area (Å²) < 4.78 is 4.66. The molecule has 1 unspecified atom stereocenters. The van der Waals surface area contributed by atoms with Gasteiger partial charge in [0.2, 0.25) is 5.60 Å². The van der Waals surface area contributed by atoms with Crippen molar-refractivity contribution in [2.45, 2.75) is 5.60 Å². The lowest BCUT2D eigenvalue weighted by molar-refractivity contribution is -0.129. The van der Waals surface area contributed by atoms with Gasteiger partial charge in [0.25, 0.3) is 5.91 Å². The molecule has 0 radical (unpaired) electrons. The van der Waals surface area contributed by atoms with Crippen molar-refractivity contribution in [1.29, 1.82) is 5.26 Å². The average molecular weight is 445 g/mol. The van der Waals surface area contributed by atoms with Crippen molar-refractivity contribution in [2.75, 3.05) is 12.4 Å². The summed E-state index contributed by atoms with van der Waals surface area (Å²) in [5, 5.41) is 23.0. The zero-order valence-electron chi connectivity index (χ0n) is 16.9. The first kappa shape index (κ1) is 22.6. The van der Waals surface area contributed by atoms with E-state index in [0.717, 1.165) is 0 Å². The minimum absolute atomic E-state index is 0.172. The number of halogens is 1. The van der Waals surface area contributed by atoms with Crippen molar-refractivity contribution in [2.24, 2.45) is 0 Å². The van der Waals surface area contributed by atoms with Crippen LogP contribution in [0.2, 0.25) is 5.02 Å². The number of ether oxygens (including phenoxy) is 1. The molecule has 3 aromatic carbocycles. The third-order valence-electron chi connectivity index (χ3n) is 4.56. The van der Waals surface area contributed by atoms with Crippen molar-refractivity contribution in [3.63, 3.8) is 0 Å². The van der Waals surface area contributed by atoms with Crippen molar-refractivity contribution in [3.05, 3.63) is 100 Å².